The molecule has 0 aliphatic rings. The first-order chi connectivity index (χ1) is 9.36. The summed E-state index contributed by atoms with van der Waals surface area (Å²) in [5.74, 6) is -1.44. The van der Waals surface area contributed by atoms with Gasteiger partial charge in [0.2, 0.25) is 11.8 Å². The molecule has 0 unspecified atom stereocenters. The van der Waals surface area contributed by atoms with Crippen LogP contribution in [0.15, 0.2) is 0 Å². The SMILES string of the molecule is COCCN(CC(=O)O)C(=O)CCCC(=O)NC(C)C. The molecule has 0 aliphatic heterocycles. The molecule has 0 aliphatic carbocycles. The number of nitrogens with zero attached hydrogens (tertiary/aromatic N) is 1. The highest BCUT2D eigenvalue weighted by molar-refractivity contribution is 5.82. The molecule has 0 spiro atoms. The van der Waals surface area contributed by atoms with Crippen molar-refractivity contribution in [3.05, 3.63) is 0 Å². The molecule has 0 aromatic carbocycles. The summed E-state index contributed by atoms with van der Waals surface area (Å²) >= 11 is 0. The molecule has 0 aromatic rings. The second-order valence-corrected chi connectivity index (χ2v) is 4.78. The summed E-state index contributed by atoms with van der Waals surface area (Å²) in [4.78, 5) is 35.2. The summed E-state index contributed by atoms with van der Waals surface area (Å²) in [5, 5.41) is 11.5. The van der Waals surface area contributed by atoms with Crippen LogP contribution in [0.2, 0.25) is 0 Å². The van der Waals surface area contributed by atoms with Gasteiger partial charge in [-0.15, -0.1) is 0 Å². The van der Waals surface area contributed by atoms with Crippen molar-refractivity contribution in [2.24, 2.45) is 0 Å². The minimum absolute atomic E-state index is 0.0726. The molecule has 2 amide bonds. The van der Waals surface area contributed by atoms with Gasteiger partial charge in [-0.3, -0.25) is 14.4 Å². The molecule has 0 bridgehead atoms. The second-order valence-electron chi connectivity index (χ2n) is 4.78. The molecule has 0 atom stereocenters. The fraction of sp³-hybridized carbons (Fsp3) is 0.769. The molecule has 7 heteroatoms. The number of methoxy groups -OCH3 is 1. The highest BCUT2D eigenvalue weighted by atomic mass is 16.5. The number of hydrogen-bond acceptors (Lipinski definition) is 4. The number of ether oxygens (including phenoxy) is 1. The molecule has 2 N–H and O–H groups in total. The van der Waals surface area contributed by atoms with E-state index in [0.717, 1.165) is 0 Å². The third-order valence-corrected chi connectivity index (χ3v) is 2.49. The van der Waals surface area contributed by atoms with Gasteiger partial charge in [-0.1, -0.05) is 0 Å². The molecule has 0 fully saturated rings. The normalized spacial score (nSPS) is 10.4. The number of rotatable bonds is 10. The lowest BCUT2D eigenvalue weighted by Gasteiger charge is -2.20. The van der Waals surface area contributed by atoms with Gasteiger partial charge in [-0.25, -0.2) is 0 Å². The fourth-order valence-electron chi connectivity index (χ4n) is 1.61. The van der Waals surface area contributed by atoms with Gasteiger partial charge in [-0.05, 0) is 20.3 Å². The van der Waals surface area contributed by atoms with E-state index in [1.165, 1.54) is 12.0 Å². The van der Waals surface area contributed by atoms with Crippen LogP contribution in [-0.4, -0.2) is 60.6 Å². The summed E-state index contributed by atoms with van der Waals surface area (Å²) in [6.45, 7) is 3.90. The molecule has 0 saturated carbocycles. The Kier molecular flexibility index (Phi) is 9.36. The van der Waals surface area contributed by atoms with E-state index in [4.69, 9.17) is 9.84 Å². The molecule has 0 radical (unpaired) electrons. The maximum absolute atomic E-state index is 11.9. The number of carboxylic acids is 1. The number of hydrogen-bond donors (Lipinski definition) is 2. The first-order valence-corrected chi connectivity index (χ1v) is 6.64. The van der Waals surface area contributed by atoms with Gasteiger partial charge in [0.05, 0.1) is 6.61 Å². The lowest BCUT2D eigenvalue weighted by molar-refractivity contribution is -0.145. The Bertz CT molecular complexity index is 331. The standard InChI is InChI=1S/C13H24N2O5/c1-10(2)14-11(16)5-4-6-12(17)15(7-8-20-3)9-13(18)19/h10H,4-9H2,1-3H3,(H,14,16)(H,18,19). The van der Waals surface area contributed by atoms with E-state index in [1.54, 1.807) is 0 Å². The Labute approximate surface area is 119 Å². The van der Waals surface area contributed by atoms with E-state index in [9.17, 15) is 14.4 Å². The minimum atomic E-state index is -1.06. The fourth-order valence-corrected chi connectivity index (χ4v) is 1.61. The first-order valence-electron chi connectivity index (χ1n) is 6.64. The van der Waals surface area contributed by atoms with Crippen molar-refractivity contribution in [1.29, 1.82) is 0 Å². The first kappa shape index (κ1) is 18.4. The zero-order valence-electron chi connectivity index (χ0n) is 12.3. The van der Waals surface area contributed by atoms with Crippen molar-refractivity contribution in [2.75, 3.05) is 26.8 Å². The molecule has 0 aromatic heterocycles. The number of nitrogens with one attached hydrogen (secondary N) is 1. The second kappa shape index (κ2) is 10.2. The van der Waals surface area contributed by atoms with Crippen LogP contribution in [0.3, 0.4) is 0 Å². The van der Waals surface area contributed by atoms with E-state index < -0.39 is 5.97 Å². The monoisotopic (exact) mass is 288 g/mol. The van der Waals surface area contributed by atoms with E-state index in [1.807, 2.05) is 13.8 Å². The molecule has 116 valence electrons. The Morgan fingerprint density at radius 3 is 2.40 bits per heavy atom. The topological polar surface area (TPSA) is 95.9 Å². The van der Waals surface area contributed by atoms with Crippen molar-refractivity contribution in [1.82, 2.24) is 10.2 Å². The number of carbonyl (C=O) groups excluding carboxylic acids is 2. The molecule has 0 saturated heterocycles. The number of carbonyl (C=O) groups is 3. The molecule has 0 rings (SSSR count). The average Bonchev–Trinajstić information content (AvgIpc) is 2.32. The summed E-state index contributed by atoms with van der Waals surface area (Å²) in [6, 6.07) is 0.0726. The van der Waals surface area contributed by atoms with E-state index in [0.29, 0.717) is 6.42 Å². The molecule has 7 nitrogen and oxygen atoms in total. The van der Waals surface area contributed by atoms with E-state index in [-0.39, 0.29) is 50.4 Å². The van der Waals surface area contributed by atoms with Gasteiger partial charge in [0.1, 0.15) is 6.54 Å². The Hall–Kier alpha value is -1.63. The van der Waals surface area contributed by atoms with E-state index >= 15 is 0 Å². The highest BCUT2D eigenvalue weighted by Gasteiger charge is 2.16. The van der Waals surface area contributed by atoms with Crippen molar-refractivity contribution in [2.45, 2.75) is 39.2 Å². The highest BCUT2D eigenvalue weighted by Crippen LogP contribution is 2.02. The number of carboxylic acid groups (broad SMARTS) is 1. The quantitative estimate of drug-likeness (QED) is 0.600. The maximum Gasteiger partial charge on any atom is 0.323 e. The van der Waals surface area contributed by atoms with Crippen LogP contribution >= 0.6 is 0 Å². The Morgan fingerprint density at radius 1 is 1.25 bits per heavy atom. The van der Waals surface area contributed by atoms with Gasteiger partial charge in [0.25, 0.3) is 0 Å². The Balaban J connectivity index is 4.11. The van der Waals surface area contributed by atoms with Crippen molar-refractivity contribution in [3.63, 3.8) is 0 Å². The van der Waals surface area contributed by atoms with Crippen LogP contribution in [-0.2, 0) is 19.1 Å². The number of aliphatic carboxylic acids is 1. The van der Waals surface area contributed by atoms with E-state index in [2.05, 4.69) is 5.32 Å². The van der Waals surface area contributed by atoms with Gasteiger partial charge in [0, 0.05) is 32.5 Å². The van der Waals surface area contributed by atoms with Crippen LogP contribution in [0.25, 0.3) is 0 Å². The Morgan fingerprint density at radius 2 is 1.90 bits per heavy atom. The molecule has 0 heterocycles. The largest absolute Gasteiger partial charge is 0.480 e. The van der Waals surface area contributed by atoms with Crippen LogP contribution in [0.5, 0.6) is 0 Å². The summed E-state index contributed by atoms with van der Waals surface area (Å²) < 4.78 is 4.84. The minimum Gasteiger partial charge on any atom is -0.480 e. The summed E-state index contributed by atoms with van der Waals surface area (Å²) in [6.07, 6.45) is 0.818. The van der Waals surface area contributed by atoms with Crippen LogP contribution in [0, 0.1) is 0 Å². The predicted octanol–water partition coefficient (Wildman–Crippen LogP) is 0.241. The lowest BCUT2D eigenvalue weighted by Crippen LogP contribution is -2.38. The molecular formula is C13H24N2O5. The van der Waals surface area contributed by atoms with Crippen molar-refractivity contribution in [3.8, 4) is 0 Å². The average molecular weight is 288 g/mol. The molecular weight excluding hydrogens is 264 g/mol. The predicted molar refractivity (Wildman–Crippen MR) is 73.2 cm³/mol. The summed E-state index contributed by atoms with van der Waals surface area (Å²) in [5.41, 5.74) is 0. The van der Waals surface area contributed by atoms with Gasteiger partial charge in [0.15, 0.2) is 0 Å². The zero-order valence-corrected chi connectivity index (χ0v) is 12.3. The van der Waals surface area contributed by atoms with Gasteiger partial charge >= 0.3 is 5.97 Å². The lowest BCUT2D eigenvalue weighted by atomic mass is 10.2. The van der Waals surface area contributed by atoms with Gasteiger partial charge in [-0.2, -0.15) is 0 Å². The summed E-state index contributed by atoms with van der Waals surface area (Å²) in [7, 11) is 1.49. The molecule has 20 heavy (non-hydrogen) atoms. The van der Waals surface area contributed by atoms with Gasteiger partial charge < -0.3 is 20.1 Å². The van der Waals surface area contributed by atoms with Crippen molar-refractivity contribution < 1.29 is 24.2 Å². The van der Waals surface area contributed by atoms with Crippen LogP contribution in [0.4, 0.5) is 0 Å². The smallest absolute Gasteiger partial charge is 0.323 e. The maximum atomic E-state index is 11.9. The van der Waals surface area contributed by atoms with Crippen LogP contribution in [0.1, 0.15) is 33.1 Å². The third kappa shape index (κ3) is 9.32. The third-order valence-electron chi connectivity index (χ3n) is 2.49. The zero-order chi connectivity index (χ0) is 15.5. The van der Waals surface area contributed by atoms with Crippen LogP contribution < -0.4 is 5.32 Å². The number of amides is 2. The van der Waals surface area contributed by atoms with Crippen molar-refractivity contribution >= 4 is 17.8 Å².